The quantitative estimate of drug-likeness (QED) is 0.456. The molecule has 2 unspecified atom stereocenters. The molecule has 0 spiro atoms. The highest BCUT2D eigenvalue weighted by molar-refractivity contribution is 5.94. The largest absolute Gasteiger partial charge is 0.481 e. The summed E-state index contributed by atoms with van der Waals surface area (Å²) in [5.74, 6) is -0.910. The van der Waals surface area contributed by atoms with Crippen LogP contribution >= 0.6 is 0 Å². The molecule has 2 aliphatic heterocycles. The molecule has 0 aliphatic carbocycles. The van der Waals surface area contributed by atoms with E-state index in [0.717, 1.165) is 24.8 Å². The minimum atomic E-state index is -1.15. The lowest BCUT2D eigenvalue weighted by Crippen LogP contribution is -2.53. The number of carbonyl (C=O) groups is 2. The smallest absolute Gasteiger partial charge is 0.409 e. The Morgan fingerprint density at radius 3 is 2.58 bits per heavy atom. The van der Waals surface area contributed by atoms with Gasteiger partial charge < -0.3 is 33.4 Å². The van der Waals surface area contributed by atoms with Gasteiger partial charge in [0.1, 0.15) is 24.7 Å². The number of hydrogen-bond acceptors (Lipinski definition) is 8. The van der Waals surface area contributed by atoms with E-state index < -0.39 is 35.5 Å². The molecule has 11 nitrogen and oxygen atoms in total. The molecule has 1 aromatic heterocycles. The molecular formula is C29H38N2O9. The Morgan fingerprint density at radius 1 is 1.18 bits per heavy atom. The molecule has 2 amide bonds. The maximum atomic E-state index is 14.0. The Bertz CT molecular complexity index is 1220. The predicted octanol–water partition coefficient (Wildman–Crippen LogP) is 4.23. The van der Waals surface area contributed by atoms with Crippen molar-refractivity contribution in [3.8, 4) is 5.75 Å². The first-order valence-corrected chi connectivity index (χ1v) is 13.6. The summed E-state index contributed by atoms with van der Waals surface area (Å²) in [6, 6.07) is 9.55. The van der Waals surface area contributed by atoms with Gasteiger partial charge in [-0.2, -0.15) is 0 Å². The van der Waals surface area contributed by atoms with Crippen LogP contribution in [-0.4, -0.2) is 70.8 Å². The molecule has 11 heteroatoms. The summed E-state index contributed by atoms with van der Waals surface area (Å²) in [6.45, 7) is 7.68. The van der Waals surface area contributed by atoms with Crippen LogP contribution in [0.3, 0.4) is 0 Å². The summed E-state index contributed by atoms with van der Waals surface area (Å²) < 4.78 is 29.0. The minimum Gasteiger partial charge on any atom is -0.481 e. The lowest BCUT2D eigenvalue weighted by atomic mass is 10.1. The molecule has 2 fully saturated rings. The minimum absolute atomic E-state index is 0.0324. The van der Waals surface area contributed by atoms with Crippen molar-refractivity contribution in [2.45, 2.75) is 84.3 Å². The van der Waals surface area contributed by atoms with Crippen LogP contribution in [0.2, 0.25) is 0 Å². The molecule has 2 atom stereocenters. The van der Waals surface area contributed by atoms with E-state index in [9.17, 15) is 19.5 Å². The number of nitrogens with zero attached hydrogens (tertiary/aromatic N) is 2. The molecule has 2 aliphatic rings. The van der Waals surface area contributed by atoms with Gasteiger partial charge in [-0.1, -0.05) is 30.3 Å². The van der Waals surface area contributed by atoms with Crippen molar-refractivity contribution in [1.29, 1.82) is 0 Å². The van der Waals surface area contributed by atoms with E-state index in [1.165, 1.54) is 15.9 Å². The first kappa shape index (κ1) is 29.6. The van der Waals surface area contributed by atoms with E-state index >= 15 is 0 Å². The average molecular weight is 559 g/mol. The van der Waals surface area contributed by atoms with Gasteiger partial charge in [-0.3, -0.25) is 14.5 Å². The summed E-state index contributed by atoms with van der Waals surface area (Å²) in [5, 5.41) is 9.83. The lowest BCUT2D eigenvalue weighted by molar-refractivity contribution is -0.171. The fourth-order valence-electron chi connectivity index (χ4n) is 4.92. The van der Waals surface area contributed by atoms with E-state index in [0.29, 0.717) is 6.61 Å². The van der Waals surface area contributed by atoms with Gasteiger partial charge >= 0.3 is 6.09 Å². The summed E-state index contributed by atoms with van der Waals surface area (Å²) in [5.41, 5.74) is -0.753. The van der Waals surface area contributed by atoms with E-state index in [1.54, 1.807) is 27.7 Å². The lowest BCUT2D eigenvalue weighted by Gasteiger charge is -2.35. The van der Waals surface area contributed by atoms with Crippen molar-refractivity contribution in [2.75, 3.05) is 19.8 Å². The monoisotopic (exact) mass is 558 g/mol. The Hall–Kier alpha value is -3.41. The first-order valence-electron chi connectivity index (χ1n) is 13.6. The van der Waals surface area contributed by atoms with Crippen LogP contribution in [-0.2, 0) is 27.4 Å². The Labute approximate surface area is 233 Å². The number of benzene rings is 1. The third kappa shape index (κ3) is 7.01. The van der Waals surface area contributed by atoms with E-state index in [-0.39, 0.29) is 49.7 Å². The number of rotatable bonds is 10. The number of carboxylic acid groups (broad SMARTS) is 1. The maximum absolute atomic E-state index is 14.0. The molecule has 218 valence electrons. The van der Waals surface area contributed by atoms with Crippen LogP contribution in [0.4, 0.5) is 4.79 Å². The summed E-state index contributed by atoms with van der Waals surface area (Å²) >= 11 is 0. The highest BCUT2D eigenvalue weighted by atomic mass is 16.7. The second-order valence-electron chi connectivity index (χ2n) is 10.7. The summed E-state index contributed by atoms with van der Waals surface area (Å²) in [4.78, 5) is 41.9. The van der Waals surface area contributed by atoms with E-state index in [4.69, 9.17) is 23.4 Å². The van der Waals surface area contributed by atoms with Crippen LogP contribution in [0.1, 0.15) is 68.8 Å². The molecule has 1 N–H and O–H groups in total. The maximum Gasteiger partial charge on any atom is 0.409 e. The Balaban J connectivity index is 1.63. The molecule has 40 heavy (non-hydrogen) atoms. The van der Waals surface area contributed by atoms with Crippen LogP contribution < -0.4 is 10.2 Å². The predicted molar refractivity (Wildman–Crippen MR) is 144 cm³/mol. The third-order valence-electron chi connectivity index (χ3n) is 7.00. The zero-order valence-electron chi connectivity index (χ0n) is 23.5. The third-order valence-corrected chi connectivity index (χ3v) is 7.00. The molecule has 1 aromatic carbocycles. The normalized spacial score (nSPS) is 20.5. The fourth-order valence-corrected chi connectivity index (χ4v) is 4.92. The van der Waals surface area contributed by atoms with Gasteiger partial charge in [0.15, 0.2) is 6.29 Å². The molecule has 4 rings (SSSR count). The van der Waals surface area contributed by atoms with Gasteiger partial charge in [-0.25, -0.2) is 4.79 Å². The van der Waals surface area contributed by atoms with Crippen molar-refractivity contribution in [3.63, 3.8) is 0 Å². The van der Waals surface area contributed by atoms with Crippen molar-refractivity contribution in [3.05, 3.63) is 63.7 Å². The Kier molecular flexibility index (Phi) is 9.49. The standard InChI is InChI=1S/C29H38N2O9/c1-19(2)30(15-21-17-39-29(3,4)31(21)28(34)35)27(33)26-25(38-16-20-10-6-5-7-11-20)23(32)14-22(40-26)18-37-24-12-8-9-13-36-24/h5-7,10-11,14,19,21,24H,8-9,12-13,15-18H2,1-4H3,(H,34,35). The van der Waals surface area contributed by atoms with Crippen LogP contribution in [0, 0.1) is 0 Å². The van der Waals surface area contributed by atoms with Crippen molar-refractivity contribution < 1.29 is 38.1 Å². The summed E-state index contributed by atoms with van der Waals surface area (Å²) in [6.07, 6.45) is 1.12. The van der Waals surface area contributed by atoms with Crippen LogP contribution in [0.15, 0.2) is 45.6 Å². The van der Waals surface area contributed by atoms with Gasteiger partial charge in [0.05, 0.1) is 12.6 Å². The highest BCUT2D eigenvalue weighted by Crippen LogP contribution is 2.29. The van der Waals surface area contributed by atoms with Gasteiger partial charge in [-0.05, 0) is 52.5 Å². The van der Waals surface area contributed by atoms with Gasteiger partial charge in [0.2, 0.25) is 16.9 Å². The summed E-state index contributed by atoms with van der Waals surface area (Å²) in [7, 11) is 0. The van der Waals surface area contributed by atoms with Crippen LogP contribution in [0.5, 0.6) is 5.75 Å². The van der Waals surface area contributed by atoms with Crippen molar-refractivity contribution >= 4 is 12.0 Å². The number of carbonyl (C=O) groups excluding carboxylic acids is 1. The van der Waals surface area contributed by atoms with E-state index in [1.807, 2.05) is 30.3 Å². The zero-order valence-corrected chi connectivity index (χ0v) is 23.5. The van der Waals surface area contributed by atoms with Gasteiger partial charge in [0, 0.05) is 25.3 Å². The second-order valence-corrected chi connectivity index (χ2v) is 10.7. The SMILES string of the molecule is CC(C)N(CC1COC(C)(C)N1C(=O)O)C(=O)c1oc(COC2CCCCO2)cc(=O)c1OCc1ccccc1. The fraction of sp³-hybridized carbons (Fsp3) is 0.552. The zero-order chi connectivity index (χ0) is 28.9. The first-order chi connectivity index (χ1) is 19.1. The van der Waals surface area contributed by atoms with Gasteiger partial charge in [0.25, 0.3) is 5.91 Å². The number of ether oxygens (including phenoxy) is 4. The molecule has 2 saturated heterocycles. The van der Waals surface area contributed by atoms with Gasteiger partial charge in [-0.15, -0.1) is 0 Å². The molecular weight excluding hydrogens is 520 g/mol. The number of amides is 2. The average Bonchev–Trinajstić information content (AvgIpc) is 3.24. The van der Waals surface area contributed by atoms with Crippen LogP contribution in [0.25, 0.3) is 0 Å². The Morgan fingerprint density at radius 2 is 1.93 bits per heavy atom. The molecule has 3 heterocycles. The van der Waals surface area contributed by atoms with Crippen molar-refractivity contribution in [2.24, 2.45) is 0 Å². The second kappa shape index (κ2) is 12.8. The highest BCUT2D eigenvalue weighted by Gasteiger charge is 2.45. The van der Waals surface area contributed by atoms with Crippen molar-refractivity contribution in [1.82, 2.24) is 9.80 Å². The van der Waals surface area contributed by atoms with E-state index in [2.05, 4.69) is 0 Å². The molecule has 0 radical (unpaired) electrons. The topological polar surface area (TPSA) is 128 Å². The number of hydrogen-bond donors (Lipinski definition) is 1. The molecule has 0 saturated carbocycles. The molecule has 2 aromatic rings. The molecule has 0 bridgehead atoms.